The second-order valence-corrected chi connectivity index (χ2v) is 6.19. The first-order chi connectivity index (χ1) is 11.6. The van der Waals surface area contributed by atoms with Crippen LogP contribution in [0.15, 0.2) is 41.3 Å². The Morgan fingerprint density at radius 1 is 1.08 bits per heavy atom. The topological polar surface area (TPSA) is 46.7 Å². The zero-order valence-electron chi connectivity index (χ0n) is 13.2. The molecule has 0 aliphatic carbocycles. The van der Waals surface area contributed by atoms with E-state index in [0.29, 0.717) is 11.0 Å². The fraction of sp³-hybridized carbons (Fsp3) is 0.333. The molecule has 1 saturated heterocycles. The van der Waals surface area contributed by atoms with E-state index in [1.165, 1.54) is 16.7 Å². The van der Waals surface area contributed by atoms with Crippen LogP contribution in [0.3, 0.4) is 0 Å². The first-order valence-electron chi connectivity index (χ1n) is 8.22. The van der Waals surface area contributed by atoms with Gasteiger partial charge in [0.2, 0.25) is 5.91 Å². The average Bonchev–Trinajstić information content (AvgIpc) is 3.26. The number of fused-ring (bicyclic) bond motifs is 3. The van der Waals surface area contributed by atoms with Crippen LogP contribution in [-0.2, 0) is 11.3 Å². The Morgan fingerprint density at radius 3 is 2.67 bits per heavy atom. The predicted octanol–water partition coefficient (Wildman–Crippen LogP) is 2.41. The molecule has 124 valence electrons. The summed E-state index contributed by atoms with van der Waals surface area (Å²) in [5.41, 5.74) is 1.59. The van der Waals surface area contributed by atoms with Gasteiger partial charge < -0.3 is 13.9 Å². The number of hydrogen-bond donors (Lipinski definition) is 0. The number of nitrogens with zero attached hydrogens (tertiary/aromatic N) is 3. The Morgan fingerprint density at radius 2 is 1.88 bits per heavy atom. The molecule has 0 atom stereocenters. The predicted molar refractivity (Wildman–Crippen MR) is 89.6 cm³/mol. The Labute approximate surface area is 137 Å². The minimum Gasteiger partial charge on any atom is -0.343 e. The largest absolute Gasteiger partial charge is 0.343 e. The molecule has 6 heteroatoms. The molecule has 1 aromatic carbocycles. The van der Waals surface area contributed by atoms with Crippen molar-refractivity contribution in [1.29, 1.82) is 0 Å². The van der Waals surface area contributed by atoms with E-state index < -0.39 is 5.82 Å². The van der Waals surface area contributed by atoms with E-state index in [1.54, 1.807) is 28.8 Å². The van der Waals surface area contributed by atoms with Gasteiger partial charge in [0.25, 0.3) is 5.56 Å². The third-order valence-electron chi connectivity index (χ3n) is 4.71. The fourth-order valence-corrected chi connectivity index (χ4v) is 3.48. The van der Waals surface area contributed by atoms with Crippen LogP contribution in [0.5, 0.6) is 0 Å². The Hall–Kier alpha value is -2.63. The first kappa shape index (κ1) is 14.9. The molecule has 2 aromatic heterocycles. The molecule has 1 aliphatic heterocycles. The molecular weight excluding hydrogens is 309 g/mol. The van der Waals surface area contributed by atoms with Crippen molar-refractivity contribution in [2.45, 2.75) is 25.8 Å². The maximum absolute atomic E-state index is 13.7. The third kappa shape index (κ3) is 2.38. The van der Waals surface area contributed by atoms with E-state index in [2.05, 4.69) is 0 Å². The zero-order valence-corrected chi connectivity index (χ0v) is 13.2. The van der Waals surface area contributed by atoms with E-state index in [9.17, 15) is 14.0 Å². The summed E-state index contributed by atoms with van der Waals surface area (Å²) >= 11 is 0. The lowest BCUT2D eigenvalue weighted by Gasteiger charge is -2.17. The summed E-state index contributed by atoms with van der Waals surface area (Å²) in [4.78, 5) is 26.9. The highest BCUT2D eigenvalue weighted by Crippen LogP contribution is 2.17. The van der Waals surface area contributed by atoms with Gasteiger partial charge in [0.1, 0.15) is 11.3 Å². The highest BCUT2D eigenvalue weighted by atomic mass is 19.1. The third-order valence-corrected chi connectivity index (χ3v) is 4.71. The molecule has 3 aromatic rings. The van der Waals surface area contributed by atoms with Crippen molar-refractivity contribution in [1.82, 2.24) is 13.9 Å². The van der Waals surface area contributed by atoms with Crippen LogP contribution in [0.25, 0.3) is 16.6 Å². The van der Waals surface area contributed by atoms with Crippen molar-refractivity contribution in [3.63, 3.8) is 0 Å². The van der Waals surface area contributed by atoms with Gasteiger partial charge in [-0.3, -0.25) is 9.59 Å². The van der Waals surface area contributed by atoms with Gasteiger partial charge in [0.15, 0.2) is 0 Å². The summed E-state index contributed by atoms with van der Waals surface area (Å²) in [7, 11) is 0. The molecule has 0 unspecified atom stereocenters. The van der Waals surface area contributed by atoms with Crippen LogP contribution in [0.1, 0.15) is 19.3 Å². The molecule has 1 fully saturated rings. The number of halogens is 1. The number of carbonyl (C=O) groups excluding carboxylic acids is 1. The van der Waals surface area contributed by atoms with Gasteiger partial charge >= 0.3 is 0 Å². The molecule has 1 amide bonds. The molecule has 1 aliphatic rings. The molecule has 0 bridgehead atoms. The van der Waals surface area contributed by atoms with Crippen molar-refractivity contribution in [3.05, 3.63) is 52.7 Å². The molecule has 4 rings (SSSR count). The fourth-order valence-electron chi connectivity index (χ4n) is 3.48. The number of amides is 1. The molecule has 0 saturated carbocycles. The smallest absolute Gasteiger partial charge is 0.275 e. The van der Waals surface area contributed by atoms with E-state index in [4.69, 9.17) is 0 Å². The minimum atomic E-state index is -0.395. The monoisotopic (exact) mass is 327 g/mol. The number of carbonyl (C=O) groups is 1. The maximum atomic E-state index is 13.7. The molecule has 24 heavy (non-hydrogen) atoms. The zero-order chi connectivity index (χ0) is 16.7. The number of benzene rings is 1. The Balaban J connectivity index is 1.77. The van der Waals surface area contributed by atoms with E-state index in [1.807, 2.05) is 4.90 Å². The number of aromatic nitrogens is 2. The second-order valence-electron chi connectivity index (χ2n) is 6.19. The van der Waals surface area contributed by atoms with Crippen LogP contribution in [0.4, 0.5) is 4.39 Å². The summed E-state index contributed by atoms with van der Waals surface area (Å²) < 4.78 is 17.0. The average molecular weight is 327 g/mol. The highest BCUT2D eigenvalue weighted by Gasteiger charge is 2.19. The Bertz CT molecular complexity index is 983. The van der Waals surface area contributed by atoms with Crippen molar-refractivity contribution in [2.75, 3.05) is 13.1 Å². The molecule has 0 spiro atoms. The summed E-state index contributed by atoms with van der Waals surface area (Å²) in [5, 5.41) is 0. The number of aryl methyl sites for hydroxylation is 1. The minimum absolute atomic E-state index is 0.0548. The van der Waals surface area contributed by atoms with Gasteiger partial charge in [-0.1, -0.05) is 0 Å². The lowest BCUT2D eigenvalue weighted by atomic mass is 10.2. The number of rotatable bonds is 3. The standard InChI is InChI=1S/C18H18FN3O2/c19-13-5-6-14-16(12-13)22(18(24)15-4-3-10-21(14)15)11-7-17(23)20-8-1-2-9-20/h3-6,10,12H,1-2,7-9,11H2. The van der Waals surface area contributed by atoms with Crippen LogP contribution in [0, 0.1) is 5.82 Å². The summed E-state index contributed by atoms with van der Waals surface area (Å²) in [6.07, 6.45) is 4.12. The van der Waals surface area contributed by atoms with Crippen LogP contribution >= 0.6 is 0 Å². The number of hydrogen-bond acceptors (Lipinski definition) is 2. The van der Waals surface area contributed by atoms with Gasteiger partial charge in [-0.15, -0.1) is 0 Å². The van der Waals surface area contributed by atoms with Crippen molar-refractivity contribution in [2.24, 2.45) is 0 Å². The van der Waals surface area contributed by atoms with Crippen molar-refractivity contribution >= 4 is 22.5 Å². The quantitative estimate of drug-likeness (QED) is 0.742. The summed E-state index contributed by atoms with van der Waals surface area (Å²) in [5.74, 6) is -0.341. The van der Waals surface area contributed by atoms with E-state index in [-0.39, 0.29) is 24.4 Å². The van der Waals surface area contributed by atoms with E-state index >= 15 is 0 Å². The SMILES string of the molecule is O=C(CCn1c(=O)c2cccn2c2ccc(F)cc21)N1CCCC1. The maximum Gasteiger partial charge on any atom is 0.275 e. The molecule has 0 radical (unpaired) electrons. The van der Waals surface area contributed by atoms with Crippen LogP contribution in [0.2, 0.25) is 0 Å². The number of likely N-dealkylation sites (tertiary alicyclic amines) is 1. The van der Waals surface area contributed by atoms with Crippen molar-refractivity contribution in [3.8, 4) is 0 Å². The summed E-state index contributed by atoms with van der Waals surface area (Å²) in [6.45, 7) is 1.84. The van der Waals surface area contributed by atoms with E-state index in [0.717, 1.165) is 31.4 Å². The lowest BCUT2D eigenvalue weighted by molar-refractivity contribution is -0.130. The van der Waals surface area contributed by atoms with Gasteiger partial charge in [-0.05, 0) is 43.2 Å². The van der Waals surface area contributed by atoms with Gasteiger partial charge in [-0.25, -0.2) is 4.39 Å². The van der Waals surface area contributed by atoms with Gasteiger partial charge in [0, 0.05) is 32.3 Å². The molecule has 0 N–H and O–H groups in total. The molecular formula is C18H18FN3O2. The van der Waals surface area contributed by atoms with Crippen LogP contribution < -0.4 is 5.56 Å². The normalized spacial score (nSPS) is 14.8. The van der Waals surface area contributed by atoms with Crippen LogP contribution in [-0.4, -0.2) is 32.9 Å². The van der Waals surface area contributed by atoms with Crippen molar-refractivity contribution < 1.29 is 9.18 Å². The lowest BCUT2D eigenvalue weighted by Crippen LogP contribution is -2.30. The highest BCUT2D eigenvalue weighted by molar-refractivity contribution is 5.80. The summed E-state index contributed by atoms with van der Waals surface area (Å²) in [6, 6.07) is 7.93. The molecule has 3 heterocycles. The van der Waals surface area contributed by atoms with Gasteiger partial charge in [0.05, 0.1) is 11.0 Å². The van der Waals surface area contributed by atoms with Gasteiger partial charge in [-0.2, -0.15) is 0 Å². The first-order valence-corrected chi connectivity index (χ1v) is 8.22. The second kappa shape index (κ2) is 5.78. The Kier molecular flexibility index (Phi) is 3.59. The molecule has 5 nitrogen and oxygen atoms in total.